The summed E-state index contributed by atoms with van der Waals surface area (Å²) < 4.78 is 0. The van der Waals surface area contributed by atoms with Crippen molar-refractivity contribution in [3.05, 3.63) is 0 Å². The Morgan fingerprint density at radius 3 is 1.33 bits per heavy atom. The lowest BCUT2D eigenvalue weighted by molar-refractivity contribution is 0.480. The van der Waals surface area contributed by atoms with Crippen molar-refractivity contribution < 1.29 is 0 Å². The summed E-state index contributed by atoms with van der Waals surface area (Å²) in [6.07, 6.45) is 4.06. The second-order valence-corrected chi connectivity index (χ2v) is 3.87. The summed E-state index contributed by atoms with van der Waals surface area (Å²) in [7, 11) is 0. The minimum Gasteiger partial charge on any atom is -0.328 e. The molecule has 12 heavy (non-hydrogen) atoms. The van der Waals surface area contributed by atoms with E-state index in [2.05, 4.69) is 0 Å². The van der Waals surface area contributed by atoms with Crippen molar-refractivity contribution >= 4 is 0 Å². The van der Waals surface area contributed by atoms with Crippen LogP contribution in [0.15, 0.2) is 0 Å². The molecule has 0 fully saturated rings. The normalized spacial score (nSPS) is 18.8. The smallest absolute Gasteiger partial charge is 0.00399 e. The van der Waals surface area contributed by atoms with Gasteiger partial charge in [0.1, 0.15) is 0 Å². The molecule has 0 aromatic carbocycles. The fourth-order valence-corrected chi connectivity index (χ4v) is 1.10. The van der Waals surface area contributed by atoms with E-state index in [1.54, 1.807) is 0 Å². The first-order valence-electron chi connectivity index (χ1n) is 4.79. The maximum Gasteiger partial charge on any atom is 0.00399 e. The van der Waals surface area contributed by atoms with Gasteiger partial charge in [0, 0.05) is 18.1 Å². The summed E-state index contributed by atoms with van der Waals surface area (Å²) >= 11 is 0. The van der Waals surface area contributed by atoms with Crippen LogP contribution in [-0.2, 0) is 0 Å². The summed E-state index contributed by atoms with van der Waals surface area (Å²) in [6.45, 7) is 4.02. The molecule has 0 saturated heterocycles. The molecule has 0 aliphatic heterocycles. The van der Waals surface area contributed by atoms with Crippen LogP contribution in [0.25, 0.3) is 0 Å². The van der Waals surface area contributed by atoms with E-state index in [-0.39, 0.29) is 18.1 Å². The van der Waals surface area contributed by atoms with Crippen LogP contribution >= 0.6 is 0 Å². The highest BCUT2D eigenvalue weighted by Gasteiger charge is 2.05. The fraction of sp³-hybridized carbons (Fsp3) is 1.00. The molecule has 0 heterocycles. The molecule has 0 radical (unpaired) electrons. The van der Waals surface area contributed by atoms with Gasteiger partial charge in [0.2, 0.25) is 0 Å². The Bertz CT molecular complexity index is 89.9. The van der Waals surface area contributed by atoms with Crippen LogP contribution in [0, 0.1) is 0 Å². The SMILES string of the molecule is CC(N)CCC(N)CCC(C)N. The molecule has 74 valence electrons. The standard InChI is InChI=1S/C9H23N3/c1-7(10)3-5-9(12)6-4-8(2)11/h7-9H,3-6,10-12H2,1-2H3. The van der Waals surface area contributed by atoms with Gasteiger partial charge in [-0.05, 0) is 39.5 Å². The van der Waals surface area contributed by atoms with Crippen LogP contribution in [0.5, 0.6) is 0 Å². The Hall–Kier alpha value is -0.120. The molecule has 0 aliphatic carbocycles. The molecule has 0 saturated carbocycles. The maximum atomic E-state index is 5.86. The molecule has 0 spiro atoms. The summed E-state index contributed by atoms with van der Waals surface area (Å²) in [5.41, 5.74) is 17.1. The van der Waals surface area contributed by atoms with Gasteiger partial charge in [0.15, 0.2) is 0 Å². The average Bonchev–Trinajstić information content (AvgIpc) is 1.96. The topological polar surface area (TPSA) is 78.1 Å². The largest absolute Gasteiger partial charge is 0.328 e. The quantitative estimate of drug-likeness (QED) is 0.549. The molecule has 0 rings (SSSR count). The molecule has 6 N–H and O–H groups in total. The molecule has 3 heteroatoms. The second-order valence-electron chi connectivity index (χ2n) is 3.87. The van der Waals surface area contributed by atoms with Gasteiger partial charge in [0.25, 0.3) is 0 Å². The molecule has 0 bridgehead atoms. The first-order valence-corrected chi connectivity index (χ1v) is 4.79. The second kappa shape index (κ2) is 6.40. The fourth-order valence-electron chi connectivity index (χ4n) is 1.10. The van der Waals surface area contributed by atoms with E-state index in [0.717, 1.165) is 25.7 Å². The van der Waals surface area contributed by atoms with E-state index in [1.165, 1.54) is 0 Å². The van der Waals surface area contributed by atoms with Crippen LogP contribution in [-0.4, -0.2) is 18.1 Å². The third-order valence-electron chi connectivity index (χ3n) is 1.99. The van der Waals surface area contributed by atoms with E-state index in [9.17, 15) is 0 Å². The van der Waals surface area contributed by atoms with E-state index in [0.29, 0.717) is 0 Å². The third kappa shape index (κ3) is 7.98. The number of nitrogens with two attached hydrogens (primary N) is 3. The summed E-state index contributed by atoms with van der Waals surface area (Å²) in [4.78, 5) is 0. The highest BCUT2D eigenvalue weighted by molar-refractivity contribution is 4.67. The Labute approximate surface area is 75.7 Å². The van der Waals surface area contributed by atoms with Crippen molar-refractivity contribution in [1.82, 2.24) is 0 Å². The summed E-state index contributed by atoms with van der Waals surface area (Å²) in [6, 6.07) is 0.819. The minimum atomic E-state index is 0.270. The molecule has 3 nitrogen and oxygen atoms in total. The van der Waals surface area contributed by atoms with Gasteiger partial charge >= 0.3 is 0 Å². The van der Waals surface area contributed by atoms with Gasteiger partial charge in [-0.3, -0.25) is 0 Å². The lowest BCUT2D eigenvalue weighted by Gasteiger charge is -2.13. The van der Waals surface area contributed by atoms with Crippen molar-refractivity contribution in [1.29, 1.82) is 0 Å². The molecule has 2 atom stereocenters. The van der Waals surface area contributed by atoms with E-state index in [1.807, 2.05) is 13.8 Å². The van der Waals surface area contributed by atoms with Crippen molar-refractivity contribution in [2.24, 2.45) is 17.2 Å². The Kier molecular flexibility index (Phi) is 6.34. The molecular formula is C9H23N3. The van der Waals surface area contributed by atoms with Crippen LogP contribution in [0.1, 0.15) is 39.5 Å². The predicted molar refractivity (Wildman–Crippen MR) is 53.7 cm³/mol. The van der Waals surface area contributed by atoms with Crippen molar-refractivity contribution in [2.75, 3.05) is 0 Å². The minimum absolute atomic E-state index is 0.270. The highest BCUT2D eigenvalue weighted by Crippen LogP contribution is 2.05. The average molecular weight is 173 g/mol. The predicted octanol–water partition coefficient (Wildman–Crippen LogP) is 0.569. The van der Waals surface area contributed by atoms with Crippen LogP contribution in [0.3, 0.4) is 0 Å². The van der Waals surface area contributed by atoms with Crippen LogP contribution in [0.2, 0.25) is 0 Å². The molecular weight excluding hydrogens is 150 g/mol. The monoisotopic (exact) mass is 173 g/mol. The van der Waals surface area contributed by atoms with Crippen molar-refractivity contribution in [3.8, 4) is 0 Å². The van der Waals surface area contributed by atoms with Gasteiger partial charge < -0.3 is 17.2 Å². The highest BCUT2D eigenvalue weighted by atomic mass is 14.7. The van der Waals surface area contributed by atoms with Crippen LogP contribution in [0.4, 0.5) is 0 Å². The van der Waals surface area contributed by atoms with Gasteiger partial charge in [0.05, 0.1) is 0 Å². The van der Waals surface area contributed by atoms with Gasteiger partial charge in [-0.1, -0.05) is 0 Å². The number of hydrogen-bond acceptors (Lipinski definition) is 3. The number of rotatable bonds is 6. The van der Waals surface area contributed by atoms with E-state index >= 15 is 0 Å². The van der Waals surface area contributed by atoms with E-state index in [4.69, 9.17) is 17.2 Å². The zero-order chi connectivity index (χ0) is 9.56. The molecule has 0 aliphatic rings. The lowest BCUT2D eigenvalue weighted by atomic mass is 10.0. The summed E-state index contributed by atoms with van der Waals surface area (Å²) in [5.74, 6) is 0. The van der Waals surface area contributed by atoms with Crippen molar-refractivity contribution in [3.63, 3.8) is 0 Å². The van der Waals surface area contributed by atoms with E-state index < -0.39 is 0 Å². The maximum absolute atomic E-state index is 5.86. The van der Waals surface area contributed by atoms with Crippen LogP contribution < -0.4 is 17.2 Å². The Morgan fingerprint density at radius 2 is 1.08 bits per heavy atom. The molecule has 2 unspecified atom stereocenters. The van der Waals surface area contributed by atoms with Gasteiger partial charge in [-0.2, -0.15) is 0 Å². The zero-order valence-corrected chi connectivity index (χ0v) is 8.29. The zero-order valence-electron chi connectivity index (χ0n) is 8.29. The Morgan fingerprint density at radius 1 is 0.750 bits per heavy atom. The molecule has 0 aromatic rings. The third-order valence-corrected chi connectivity index (χ3v) is 1.99. The molecule has 0 aromatic heterocycles. The van der Waals surface area contributed by atoms with Gasteiger partial charge in [-0.15, -0.1) is 0 Å². The molecule has 0 amide bonds. The van der Waals surface area contributed by atoms with Crippen molar-refractivity contribution in [2.45, 2.75) is 57.7 Å². The Balaban J connectivity index is 3.27. The van der Waals surface area contributed by atoms with Gasteiger partial charge in [-0.25, -0.2) is 0 Å². The lowest BCUT2D eigenvalue weighted by Crippen LogP contribution is -2.26. The first-order chi connectivity index (χ1) is 5.52. The summed E-state index contributed by atoms with van der Waals surface area (Å²) in [5, 5.41) is 0. The number of hydrogen-bond donors (Lipinski definition) is 3. The first kappa shape index (κ1) is 11.9.